The molecule has 14 heteroatoms. The molecule has 2 aromatic rings. The Balaban J connectivity index is 1.32. The number of aromatic nitrogens is 2. The summed E-state index contributed by atoms with van der Waals surface area (Å²) in [6.07, 6.45) is 2.08. The summed E-state index contributed by atoms with van der Waals surface area (Å²) in [7, 11) is 2.04. The van der Waals surface area contributed by atoms with E-state index in [-0.39, 0.29) is 47.0 Å². The molecular weight excluding hydrogens is 531 g/mol. The van der Waals surface area contributed by atoms with Gasteiger partial charge in [0.05, 0.1) is 23.5 Å². The van der Waals surface area contributed by atoms with Crippen molar-refractivity contribution >= 4 is 40.6 Å². The number of nitro groups is 1. The second-order valence-electron chi connectivity index (χ2n) is 10.5. The Kier molecular flexibility index (Phi) is 7.54. The first-order valence-corrected chi connectivity index (χ1v) is 13.2. The number of hydrogen-bond donors (Lipinski definition) is 3. The summed E-state index contributed by atoms with van der Waals surface area (Å²) in [5.41, 5.74) is 7.01. The highest BCUT2D eigenvalue weighted by molar-refractivity contribution is 6.28. The fourth-order valence-electron chi connectivity index (χ4n) is 6.35. The van der Waals surface area contributed by atoms with Gasteiger partial charge in [-0.15, -0.1) is 0 Å². The number of hydrogen-bond acceptors (Lipinski definition) is 9. The number of rotatable bonds is 8. The van der Waals surface area contributed by atoms with Gasteiger partial charge in [0.2, 0.25) is 17.1 Å². The van der Waals surface area contributed by atoms with E-state index >= 15 is 0 Å². The van der Waals surface area contributed by atoms with Crippen LogP contribution in [-0.4, -0.2) is 76.9 Å². The van der Waals surface area contributed by atoms with Crippen molar-refractivity contribution in [3.8, 4) is 0 Å². The standard InChI is InChI=1S/C25H30ClFN8O4/c1-33-4-6-34(7-5-33)19-3-2-15(35(38)39)8-13(19)11-20(36)30-18-10-14-9-16(18)22(21(14)23(28)37)31-24-17(27)12-29-25(26)32-24/h2-3,8,12,14,16,18,21-22H,4-7,9-11H2,1H3,(H2,28,37)(H,30,36)(H,29,31,32)/t14-,16+,18+,21-,22+/m0/s1. The minimum atomic E-state index is -0.715. The largest absolute Gasteiger partial charge is 0.369 e. The van der Waals surface area contributed by atoms with Crippen LogP contribution in [0, 0.1) is 33.7 Å². The van der Waals surface area contributed by atoms with Gasteiger partial charge in [-0.1, -0.05) is 0 Å². The second kappa shape index (κ2) is 10.9. The van der Waals surface area contributed by atoms with E-state index in [4.69, 9.17) is 17.3 Å². The number of carbonyl (C=O) groups is 2. The first-order valence-electron chi connectivity index (χ1n) is 12.8. The molecule has 0 unspecified atom stereocenters. The van der Waals surface area contributed by atoms with Crippen LogP contribution >= 0.6 is 11.6 Å². The molecule has 0 spiro atoms. The molecule has 39 heavy (non-hydrogen) atoms. The third-order valence-electron chi connectivity index (χ3n) is 8.17. The summed E-state index contributed by atoms with van der Waals surface area (Å²) in [6.45, 7) is 3.20. The Hall–Kier alpha value is -3.58. The third kappa shape index (κ3) is 5.59. The average Bonchev–Trinajstić information content (AvgIpc) is 3.44. The molecule has 2 heterocycles. The quantitative estimate of drug-likeness (QED) is 0.247. The highest BCUT2D eigenvalue weighted by atomic mass is 35.5. The number of carbonyl (C=O) groups excluding carboxylic acids is 2. The number of fused-ring (bicyclic) bond motifs is 2. The van der Waals surface area contributed by atoms with Gasteiger partial charge < -0.3 is 26.2 Å². The molecule has 1 aromatic carbocycles. The molecule has 208 valence electrons. The first-order chi connectivity index (χ1) is 18.6. The molecule has 3 fully saturated rings. The molecule has 4 N–H and O–H groups in total. The van der Waals surface area contributed by atoms with Crippen molar-refractivity contribution in [3.05, 3.63) is 51.2 Å². The van der Waals surface area contributed by atoms with E-state index in [0.717, 1.165) is 38.1 Å². The highest BCUT2D eigenvalue weighted by Crippen LogP contribution is 2.49. The number of primary amides is 1. The van der Waals surface area contributed by atoms with E-state index in [2.05, 4.69) is 30.4 Å². The van der Waals surface area contributed by atoms with Crippen molar-refractivity contribution < 1.29 is 18.9 Å². The summed E-state index contributed by atoms with van der Waals surface area (Å²) >= 11 is 5.84. The number of non-ortho nitro benzene ring substituents is 1. The normalized spacial score (nSPS) is 26.4. The number of nitro benzene ring substituents is 1. The molecule has 12 nitrogen and oxygen atoms in total. The molecular formula is C25H30ClFN8O4. The van der Waals surface area contributed by atoms with E-state index in [1.807, 2.05) is 7.05 Å². The van der Waals surface area contributed by atoms with Gasteiger partial charge in [-0.05, 0) is 49.0 Å². The smallest absolute Gasteiger partial charge is 0.269 e. The fraction of sp³-hybridized carbons (Fsp3) is 0.520. The van der Waals surface area contributed by atoms with Crippen LogP contribution in [0.5, 0.6) is 0 Å². The van der Waals surface area contributed by atoms with Gasteiger partial charge in [0.25, 0.3) is 5.69 Å². The van der Waals surface area contributed by atoms with Crippen LogP contribution < -0.4 is 21.3 Å². The third-order valence-corrected chi connectivity index (χ3v) is 8.35. The van der Waals surface area contributed by atoms with E-state index in [0.29, 0.717) is 18.4 Å². The van der Waals surface area contributed by atoms with Crippen molar-refractivity contribution in [1.29, 1.82) is 0 Å². The van der Waals surface area contributed by atoms with Crippen molar-refractivity contribution in [3.63, 3.8) is 0 Å². The molecule has 2 bridgehead atoms. The molecule has 5 rings (SSSR count). The topological polar surface area (TPSA) is 160 Å². The predicted octanol–water partition coefficient (Wildman–Crippen LogP) is 1.58. The molecule has 1 aliphatic heterocycles. The Morgan fingerprint density at radius 3 is 2.69 bits per heavy atom. The number of nitrogens with zero attached hydrogens (tertiary/aromatic N) is 5. The number of halogens is 2. The average molecular weight is 561 g/mol. The molecule has 2 amide bonds. The van der Waals surface area contributed by atoms with Gasteiger partial charge >= 0.3 is 0 Å². The number of amides is 2. The van der Waals surface area contributed by atoms with Crippen molar-refractivity contribution in [2.24, 2.45) is 23.5 Å². The number of nitrogens with one attached hydrogen (secondary N) is 2. The maximum atomic E-state index is 14.4. The highest BCUT2D eigenvalue weighted by Gasteiger charge is 2.55. The van der Waals surface area contributed by atoms with Crippen molar-refractivity contribution in [2.75, 3.05) is 43.4 Å². The van der Waals surface area contributed by atoms with E-state index < -0.39 is 28.6 Å². The number of likely N-dealkylation sites (N-methyl/N-ethyl adjacent to an activating group) is 1. The van der Waals surface area contributed by atoms with Gasteiger partial charge in [0, 0.05) is 62.0 Å². The second-order valence-corrected chi connectivity index (χ2v) is 10.9. The number of benzene rings is 1. The monoisotopic (exact) mass is 560 g/mol. The Bertz CT molecular complexity index is 1290. The minimum Gasteiger partial charge on any atom is -0.369 e. The molecule has 1 saturated heterocycles. The summed E-state index contributed by atoms with van der Waals surface area (Å²) < 4.78 is 14.4. The lowest BCUT2D eigenvalue weighted by Crippen LogP contribution is -2.52. The SMILES string of the molecule is CN1CCN(c2ccc([N+](=O)[O-])cc2CC(=O)N[C@@H]2C[C@@H]3C[C@H]2[C@@H](Nc2nc(Cl)ncc2F)[C@H]3C(N)=O)CC1. The van der Waals surface area contributed by atoms with Gasteiger partial charge in [-0.3, -0.25) is 19.7 Å². The predicted molar refractivity (Wildman–Crippen MR) is 142 cm³/mol. The number of nitrogens with two attached hydrogens (primary N) is 1. The summed E-state index contributed by atoms with van der Waals surface area (Å²) in [5.74, 6) is -2.48. The van der Waals surface area contributed by atoms with Gasteiger partial charge in [-0.25, -0.2) is 9.37 Å². The van der Waals surface area contributed by atoms with Crippen LogP contribution in [0.1, 0.15) is 18.4 Å². The zero-order valence-corrected chi connectivity index (χ0v) is 22.1. The molecule has 0 radical (unpaired) electrons. The van der Waals surface area contributed by atoms with Crippen LogP contribution in [0.25, 0.3) is 0 Å². The lowest BCUT2D eigenvalue weighted by Gasteiger charge is -2.36. The Labute approximate surface area is 229 Å². The summed E-state index contributed by atoms with van der Waals surface area (Å²) in [4.78, 5) is 48.4. The first kappa shape index (κ1) is 27.0. The van der Waals surface area contributed by atoms with Gasteiger partial charge in [0.15, 0.2) is 11.6 Å². The van der Waals surface area contributed by atoms with E-state index in [9.17, 15) is 24.1 Å². The van der Waals surface area contributed by atoms with E-state index in [1.54, 1.807) is 6.07 Å². The van der Waals surface area contributed by atoms with E-state index in [1.165, 1.54) is 12.1 Å². The molecule has 2 saturated carbocycles. The van der Waals surface area contributed by atoms with Crippen LogP contribution in [0.2, 0.25) is 5.28 Å². The Morgan fingerprint density at radius 1 is 1.26 bits per heavy atom. The fourth-order valence-corrected chi connectivity index (χ4v) is 6.48. The van der Waals surface area contributed by atoms with Crippen LogP contribution in [0.4, 0.5) is 21.6 Å². The maximum absolute atomic E-state index is 14.4. The van der Waals surface area contributed by atoms with Gasteiger partial charge in [-0.2, -0.15) is 4.98 Å². The van der Waals surface area contributed by atoms with Crippen LogP contribution in [0.15, 0.2) is 24.4 Å². The molecule has 1 aromatic heterocycles. The summed E-state index contributed by atoms with van der Waals surface area (Å²) in [6, 6.07) is 3.79. The molecule has 2 aliphatic carbocycles. The zero-order valence-electron chi connectivity index (χ0n) is 21.3. The van der Waals surface area contributed by atoms with Gasteiger partial charge in [0.1, 0.15) is 0 Å². The number of piperazine rings is 1. The summed E-state index contributed by atoms with van der Waals surface area (Å²) in [5, 5.41) is 17.4. The lowest BCUT2D eigenvalue weighted by atomic mass is 9.81. The minimum absolute atomic E-state index is 0.0370. The molecule has 5 atom stereocenters. The zero-order chi connectivity index (χ0) is 27.8. The molecule has 3 aliphatic rings. The van der Waals surface area contributed by atoms with Crippen molar-refractivity contribution in [1.82, 2.24) is 20.2 Å². The maximum Gasteiger partial charge on any atom is 0.269 e. The van der Waals surface area contributed by atoms with Crippen LogP contribution in [0.3, 0.4) is 0 Å². The lowest BCUT2D eigenvalue weighted by molar-refractivity contribution is -0.384. The Morgan fingerprint density at radius 2 is 2.00 bits per heavy atom. The number of anilines is 2. The van der Waals surface area contributed by atoms with Crippen molar-refractivity contribution in [2.45, 2.75) is 31.3 Å². The van der Waals surface area contributed by atoms with Crippen LogP contribution in [-0.2, 0) is 16.0 Å².